The minimum atomic E-state index is -3.67. The average Bonchev–Trinajstić information content (AvgIpc) is 2.97. The molecule has 0 radical (unpaired) electrons. The fraction of sp³-hybridized carbons (Fsp3) is 0.278. The third kappa shape index (κ3) is 4.38. The SMILES string of the molecule is O=C(O)Cc1ccc2c(c1)CC(CNS(=O)(=O)c1ccc(Cl)c(Cl)c1)C2. The largest absolute Gasteiger partial charge is 0.481 e. The van der Waals surface area contributed by atoms with Crippen LogP contribution in [-0.2, 0) is 34.1 Å². The van der Waals surface area contributed by atoms with Gasteiger partial charge in [0.2, 0.25) is 10.0 Å². The lowest BCUT2D eigenvalue weighted by Gasteiger charge is -2.12. The molecular weight excluding hydrogens is 397 g/mol. The van der Waals surface area contributed by atoms with Gasteiger partial charge in [-0.3, -0.25) is 4.79 Å². The van der Waals surface area contributed by atoms with E-state index in [4.69, 9.17) is 28.3 Å². The van der Waals surface area contributed by atoms with Crippen LogP contribution in [0.3, 0.4) is 0 Å². The first-order valence-electron chi connectivity index (χ1n) is 8.02. The van der Waals surface area contributed by atoms with E-state index in [1.165, 1.54) is 18.2 Å². The first kappa shape index (κ1) is 19.2. The Morgan fingerprint density at radius 3 is 2.50 bits per heavy atom. The zero-order valence-electron chi connectivity index (χ0n) is 13.7. The van der Waals surface area contributed by atoms with Gasteiger partial charge in [-0.05, 0) is 53.6 Å². The van der Waals surface area contributed by atoms with E-state index in [2.05, 4.69) is 4.72 Å². The summed E-state index contributed by atoms with van der Waals surface area (Å²) in [7, 11) is -3.67. The first-order valence-corrected chi connectivity index (χ1v) is 10.3. The normalized spacial score (nSPS) is 16.5. The molecule has 138 valence electrons. The maximum atomic E-state index is 12.4. The van der Waals surface area contributed by atoms with Crippen LogP contribution in [0.4, 0.5) is 0 Å². The number of carbonyl (C=O) groups is 1. The Morgan fingerprint density at radius 2 is 1.81 bits per heavy atom. The molecular formula is C18H17Cl2NO4S. The summed E-state index contributed by atoms with van der Waals surface area (Å²) in [4.78, 5) is 10.9. The fourth-order valence-electron chi connectivity index (χ4n) is 3.15. The molecule has 5 nitrogen and oxygen atoms in total. The number of nitrogens with one attached hydrogen (secondary N) is 1. The molecule has 1 atom stereocenters. The summed E-state index contributed by atoms with van der Waals surface area (Å²) >= 11 is 11.7. The van der Waals surface area contributed by atoms with Gasteiger partial charge in [0.05, 0.1) is 21.4 Å². The Balaban J connectivity index is 1.65. The average molecular weight is 414 g/mol. The fourth-order valence-corrected chi connectivity index (χ4v) is 4.65. The molecule has 1 aliphatic carbocycles. The molecule has 26 heavy (non-hydrogen) atoms. The highest BCUT2D eigenvalue weighted by molar-refractivity contribution is 7.89. The van der Waals surface area contributed by atoms with Crippen LogP contribution in [0.25, 0.3) is 0 Å². The minimum absolute atomic E-state index is 0.0120. The summed E-state index contributed by atoms with van der Waals surface area (Å²) in [5.41, 5.74) is 2.98. The molecule has 0 bridgehead atoms. The van der Waals surface area contributed by atoms with Crippen LogP contribution in [0.5, 0.6) is 0 Å². The van der Waals surface area contributed by atoms with E-state index in [0.29, 0.717) is 18.0 Å². The highest BCUT2D eigenvalue weighted by atomic mass is 35.5. The number of hydrogen-bond donors (Lipinski definition) is 2. The summed E-state index contributed by atoms with van der Waals surface area (Å²) in [6.07, 6.45) is 1.46. The van der Waals surface area contributed by atoms with Crippen molar-refractivity contribution in [2.24, 2.45) is 5.92 Å². The number of fused-ring (bicyclic) bond motifs is 1. The molecule has 0 aliphatic heterocycles. The number of carboxylic acid groups (broad SMARTS) is 1. The molecule has 0 heterocycles. The predicted octanol–water partition coefficient (Wildman–Crippen LogP) is 3.31. The van der Waals surface area contributed by atoms with Gasteiger partial charge in [-0.1, -0.05) is 41.4 Å². The second-order valence-electron chi connectivity index (χ2n) is 6.38. The lowest BCUT2D eigenvalue weighted by atomic mass is 10.0. The number of rotatable bonds is 6. The van der Waals surface area contributed by atoms with E-state index in [1.54, 1.807) is 0 Å². The lowest BCUT2D eigenvalue weighted by Crippen LogP contribution is -2.29. The molecule has 1 unspecified atom stereocenters. The minimum Gasteiger partial charge on any atom is -0.481 e. The summed E-state index contributed by atoms with van der Waals surface area (Å²) in [6, 6.07) is 9.84. The standard InChI is InChI=1S/C18H17Cl2NO4S/c19-16-4-3-15(9-17(16)20)26(24,25)21-10-12-6-13-2-1-11(8-18(22)23)5-14(13)7-12/h1-5,9,12,21H,6-8,10H2,(H,22,23). The summed E-state index contributed by atoms with van der Waals surface area (Å²) in [5, 5.41) is 9.38. The van der Waals surface area contributed by atoms with Crippen molar-refractivity contribution in [2.75, 3.05) is 6.54 Å². The Kier molecular flexibility index (Phi) is 5.58. The van der Waals surface area contributed by atoms with Crippen molar-refractivity contribution < 1.29 is 18.3 Å². The van der Waals surface area contributed by atoms with Crippen molar-refractivity contribution in [1.82, 2.24) is 4.72 Å². The number of hydrogen-bond acceptors (Lipinski definition) is 3. The van der Waals surface area contributed by atoms with Crippen LogP contribution in [0.15, 0.2) is 41.3 Å². The van der Waals surface area contributed by atoms with Gasteiger partial charge in [-0.15, -0.1) is 0 Å². The summed E-state index contributed by atoms with van der Waals surface area (Å²) < 4.78 is 27.5. The van der Waals surface area contributed by atoms with Crippen molar-refractivity contribution in [2.45, 2.75) is 24.2 Å². The second-order valence-corrected chi connectivity index (χ2v) is 8.96. The Hall–Kier alpha value is -1.60. The van der Waals surface area contributed by atoms with Crippen molar-refractivity contribution in [3.05, 3.63) is 63.1 Å². The summed E-state index contributed by atoms with van der Waals surface area (Å²) in [6.45, 7) is 0.297. The molecule has 3 rings (SSSR count). The van der Waals surface area contributed by atoms with Crippen LogP contribution >= 0.6 is 23.2 Å². The molecule has 8 heteroatoms. The van der Waals surface area contributed by atoms with Crippen molar-refractivity contribution in [3.63, 3.8) is 0 Å². The van der Waals surface area contributed by atoms with E-state index in [-0.39, 0.29) is 22.3 Å². The first-order chi connectivity index (χ1) is 12.2. The van der Waals surface area contributed by atoms with Crippen molar-refractivity contribution in [1.29, 1.82) is 0 Å². The number of carboxylic acids is 1. The van der Waals surface area contributed by atoms with E-state index in [9.17, 15) is 13.2 Å². The number of aliphatic carboxylic acids is 1. The third-order valence-corrected chi connectivity index (χ3v) is 6.57. The lowest BCUT2D eigenvalue weighted by molar-refractivity contribution is -0.136. The molecule has 0 fully saturated rings. The van der Waals surface area contributed by atoms with Gasteiger partial charge >= 0.3 is 5.97 Å². The molecule has 2 aromatic rings. The van der Waals surface area contributed by atoms with Crippen LogP contribution in [0.2, 0.25) is 10.0 Å². The molecule has 1 aliphatic rings. The molecule has 2 aromatic carbocycles. The van der Waals surface area contributed by atoms with Crippen LogP contribution in [0, 0.1) is 5.92 Å². The van der Waals surface area contributed by atoms with Gasteiger partial charge in [0, 0.05) is 6.54 Å². The summed E-state index contributed by atoms with van der Waals surface area (Å²) in [5.74, 6) is -0.739. The van der Waals surface area contributed by atoms with E-state index >= 15 is 0 Å². The number of benzene rings is 2. The topological polar surface area (TPSA) is 83.5 Å². The Morgan fingerprint density at radius 1 is 1.08 bits per heavy atom. The maximum Gasteiger partial charge on any atom is 0.307 e. The Labute approximate surface area is 162 Å². The molecule has 0 spiro atoms. The van der Waals surface area contributed by atoms with Crippen LogP contribution in [0.1, 0.15) is 16.7 Å². The van der Waals surface area contributed by atoms with E-state index < -0.39 is 16.0 Å². The maximum absolute atomic E-state index is 12.4. The van der Waals surface area contributed by atoms with Crippen molar-refractivity contribution >= 4 is 39.2 Å². The number of sulfonamides is 1. The van der Waals surface area contributed by atoms with Gasteiger partial charge in [-0.2, -0.15) is 0 Å². The highest BCUT2D eigenvalue weighted by Crippen LogP contribution is 2.28. The third-order valence-electron chi connectivity index (χ3n) is 4.41. The predicted molar refractivity (Wildman–Crippen MR) is 100 cm³/mol. The van der Waals surface area contributed by atoms with E-state index in [1.807, 2.05) is 18.2 Å². The monoisotopic (exact) mass is 413 g/mol. The van der Waals surface area contributed by atoms with E-state index in [0.717, 1.165) is 23.1 Å². The smallest absolute Gasteiger partial charge is 0.307 e. The van der Waals surface area contributed by atoms with Gasteiger partial charge in [0.1, 0.15) is 0 Å². The quantitative estimate of drug-likeness (QED) is 0.760. The zero-order valence-corrected chi connectivity index (χ0v) is 16.0. The molecule has 2 N–H and O–H groups in total. The Bertz CT molecular complexity index is 960. The van der Waals surface area contributed by atoms with Gasteiger partial charge in [-0.25, -0.2) is 13.1 Å². The van der Waals surface area contributed by atoms with Crippen molar-refractivity contribution in [3.8, 4) is 0 Å². The van der Waals surface area contributed by atoms with Gasteiger partial charge in [0.15, 0.2) is 0 Å². The van der Waals surface area contributed by atoms with Crippen LogP contribution < -0.4 is 4.72 Å². The number of halogens is 2. The molecule has 0 aromatic heterocycles. The second kappa shape index (κ2) is 7.56. The molecule has 0 amide bonds. The molecule has 0 saturated carbocycles. The highest BCUT2D eigenvalue weighted by Gasteiger charge is 2.24. The van der Waals surface area contributed by atoms with Crippen LogP contribution in [-0.4, -0.2) is 26.0 Å². The van der Waals surface area contributed by atoms with Gasteiger partial charge < -0.3 is 5.11 Å². The van der Waals surface area contributed by atoms with Gasteiger partial charge in [0.25, 0.3) is 0 Å². The zero-order chi connectivity index (χ0) is 18.9. The molecule has 0 saturated heterocycles.